The average molecular weight is 296 g/mol. The van der Waals surface area contributed by atoms with Gasteiger partial charge in [0, 0.05) is 5.39 Å². The Morgan fingerprint density at radius 2 is 2.00 bits per heavy atom. The number of rotatable bonds is 3. The van der Waals surface area contributed by atoms with Crippen molar-refractivity contribution in [1.82, 2.24) is 0 Å². The minimum Gasteiger partial charge on any atom is -0.508 e. The number of hydrogen-bond donors (Lipinski definition) is 1. The fraction of sp³-hybridized carbons (Fsp3) is 0.167. The van der Waals surface area contributed by atoms with Crippen LogP contribution in [0.3, 0.4) is 0 Å². The molecule has 0 radical (unpaired) electrons. The second-order valence-corrected chi connectivity index (χ2v) is 5.01. The largest absolute Gasteiger partial charge is 0.508 e. The van der Waals surface area contributed by atoms with Gasteiger partial charge in [-0.15, -0.1) is 0 Å². The molecule has 22 heavy (non-hydrogen) atoms. The van der Waals surface area contributed by atoms with Gasteiger partial charge in [0.1, 0.15) is 17.1 Å². The van der Waals surface area contributed by atoms with Crippen LogP contribution in [0.2, 0.25) is 0 Å². The highest BCUT2D eigenvalue weighted by Gasteiger charge is 2.16. The van der Waals surface area contributed by atoms with Crippen LogP contribution in [0.4, 0.5) is 0 Å². The third kappa shape index (κ3) is 2.33. The Balaban J connectivity index is 2.37. The highest BCUT2D eigenvalue weighted by Crippen LogP contribution is 2.31. The minimum atomic E-state index is -0.386. The summed E-state index contributed by atoms with van der Waals surface area (Å²) in [4.78, 5) is 12.4. The molecule has 3 aromatic rings. The molecule has 112 valence electrons. The summed E-state index contributed by atoms with van der Waals surface area (Å²) in [6, 6.07) is 12.1. The smallest absolute Gasteiger partial charge is 0.344 e. The average Bonchev–Trinajstić information content (AvgIpc) is 2.54. The predicted molar refractivity (Wildman–Crippen MR) is 85.5 cm³/mol. The molecule has 3 rings (SSSR count). The predicted octanol–water partition coefficient (Wildman–Crippen LogP) is 3.74. The zero-order chi connectivity index (χ0) is 15.7. The van der Waals surface area contributed by atoms with Crippen LogP contribution in [-0.2, 0) is 6.42 Å². The van der Waals surface area contributed by atoms with E-state index in [9.17, 15) is 9.90 Å². The van der Waals surface area contributed by atoms with Crippen molar-refractivity contribution in [1.29, 1.82) is 0 Å². The first kappa shape index (κ1) is 14.2. The highest BCUT2D eigenvalue weighted by atomic mass is 16.5. The van der Waals surface area contributed by atoms with Crippen molar-refractivity contribution in [2.75, 3.05) is 7.11 Å². The van der Waals surface area contributed by atoms with Crippen molar-refractivity contribution in [3.05, 3.63) is 58.4 Å². The van der Waals surface area contributed by atoms with E-state index in [2.05, 4.69) is 0 Å². The zero-order valence-electron chi connectivity index (χ0n) is 12.4. The van der Waals surface area contributed by atoms with Crippen LogP contribution < -0.4 is 10.4 Å². The Morgan fingerprint density at radius 1 is 1.18 bits per heavy atom. The summed E-state index contributed by atoms with van der Waals surface area (Å²) < 4.78 is 10.6. The number of ether oxygens (including phenoxy) is 1. The lowest BCUT2D eigenvalue weighted by Crippen LogP contribution is -2.07. The Morgan fingerprint density at radius 3 is 2.73 bits per heavy atom. The number of benzene rings is 2. The number of aryl methyl sites for hydroxylation is 1. The van der Waals surface area contributed by atoms with E-state index >= 15 is 0 Å². The molecule has 1 heterocycles. The number of fused-ring (bicyclic) bond motifs is 1. The number of phenols is 1. The molecule has 0 atom stereocenters. The summed E-state index contributed by atoms with van der Waals surface area (Å²) in [6.45, 7) is 1.97. The van der Waals surface area contributed by atoms with Crippen molar-refractivity contribution >= 4 is 11.0 Å². The van der Waals surface area contributed by atoms with Crippen LogP contribution in [0.15, 0.2) is 51.7 Å². The Kier molecular flexibility index (Phi) is 3.59. The van der Waals surface area contributed by atoms with E-state index in [0.717, 1.165) is 16.5 Å². The molecule has 4 heteroatoms. The van der Waals surface area contributed by atoms with Crippen LogP contribution in [0.25, 0.3) is 22.1 Å². The molecule has 0 aliphatic carbocycles. The Labute approximate surface area is 127 Å². The maximum Gasteiger partial charge on any atom is 0.344 e. The number of phenolic OH excluding ortho intramolecular Hbond substituents is 1. The van der Waals surface area contributed by atoms with Crippen LogP contribution in [0.1, 0.15) is 12.5 Å². The summed E-state index contributed by atoms with van der Waals surface area (Å²) in [5.74, 6) is 0.822. The van der Waals surface area contributed by atoms with Gasteiger partial charge in [-0.1, -0.05) is 19.1 Å². The minimum absolute atomic E-state index is 0.146. The number of methoxy groups -OCH3 is 1. The van der Waals surface area contributed by atoms with E-state index in [4.69, 9.17) is 9.15 Å². The molecule has 0 aliphatic rings. The molecule has 0 aliphatic heterocycles. The third-order valence-electron chi connectivity index (χ3n) is 3.71. The van der Waals surface area contributed by atoms with Gasteiger partial charge in [0.25, 0.3) is 0 Å². The van der Waals surface area contributed by atoms with Gasteiger partial charge in [0.05, 0.1) is 12.7 Å². The first-order valence-corrected chi connectivity index (χ1v) is 7.07. The van der Waals surface area contributed by atoms with Crippen LogP contribution >= 0.6 is 0 Å². The normalized spacial score (nSPS) is 10.8. The van der Waals surface area contributed by atoms with E-state index in [1.54, 1.807) is 25.3 Å². The monoisotopic (exact) mass is 296 g/mol. The van der Waals surface area contributed by atoms with Gasteiger partial charge < -0.3 is 14.3 Å². The van der Waals surface area contributed by atoms with E-state index in [1.807, 2.05) is 25.1 Å². The maximum atomic E-state index is 12.4. The summed E-state index contributed by atoms with van der Waals surface area (Å²) in [5, 5.41) is 10.5. The fourth-order valence-corrected chi connectivity index (χ4v) is 2.69. The van der Waals surface area contributed by atoms with Crippen molar-refractivity contribution in [2.45, 2.75) is 13.3 Å². The van der Waals surface area contributed by atoms with Gasteiger partial charge in [-0.2, -0.15) is 0 Å². The maximum absolute atomic E-state index is 12.4. The topological polar surface area (TPSA) is 59.7 Å². The number of hydrogen-bond acceptors (Lipinski definition) is 4. The van der Waals surface area contributed by atoms with Crippen LogP contribution in [0.5, 0.6) is 11.5 Å². The van der Waals surface area contributed by atoms with Gasteiger partial charge in [0.2, 0.25) is 0 Å². The first-order valence-electron chi connectivity index (χ1n) is 7.07. The van der Waals surface area contributed by atoms with Crippen molar-refractivity contribution < 1.29 is 14.3 Å². The van der Waals surface area contributed by atoms with Gasteiger partial charge in [0.15, 0.2) is 0 Å². The summed E-state index contributed by atoms with van der Waals surface area (Å²) in [7, 11) is 1.58. The molecule has 4 nitrogen and oxygen atoms in total. The standard InChI is InChI=1S/C18H16O4/c1-3-14-15-10-12(19)7-8-16(15)22-18(20)17(14)11-5-4-6-13(9-11)21-2/h4-10,19H,3H2,1-2H3. The van der Waals surface area contributed by atoms with Crippen LogP contribution in [0, 0.1) is 0 Å². The van der Waals surface area contributed by atoms with Crippen molar-refractivity contribution in [3.63, 3.8) is 0 Å². The van der Waals surface area contributed by atoms with E-state index < -0.39 is 0 Å². The molecule has 0 bridgehead atoms. The SMILES string of the molecule is CCc1c(-c2cccc(OC)c2)c(=O)oc2ccc(O)cc12. The van der Waals surface area contributed by atoms with Crippen molar-refractivity contribution in [3.8, 4) is 22.6 Å². The molecular weight excluding hydrogens is 280 g/mol. The lowest BCUT2D eigenvalue weighted by Gasteiger charge is -2.11. The lowest BCUT2D eigenvalue weighted by molar-refractivity contribution is 0.415. The summed E-state index contributed by atoms with van der Waals surface area (Å²) in [6.07, 6.45) is 0.651. The Bertz CT molecular complexity index is 893. The number of aromatic hydroxyl groups is 1. The molecule has 1 aromatic heterocycles. The summed E-state index contributed by atoms with van der Waals surface area (Å²) in [5.41, 5.74) is 2.21. The molecule has 0 saturated heterocycles. The molecule has 0 saturated carbocycles. The van der Waals surface area contributed by atoms with E-state index in [1.165, 1.54) is 6.07 Å². The van der Waals surface area contributed by atoms with E-state index in [-0.39, 0.29) is 11.4 Å². The quantitative estimate of drug-likeness (QED) is 0.748. The second kappa shape index (κ2) is 5.56. The second-order valence-electron chi connectivity index (χ2n) is 5.01. The molecule has 2 aromatic carbocycles. The van der Waals surface area contributed by atoms with Crippen LogP contribution in [-0.4, -0.2) is 12.2 Å². The first-order chi connectivity index (χ1) is 10.6. The van der Waals surface area contributed by atoms with Crippen molar-refractivity contribution in [2.24, 2.45) is 0 Å². The molecule has 0 spiro atoms. The van der Waals surface area contributed by atoms with Gasteiger partial charge in [-0.25, -0.2) is 4.79 Å². The summed E-state index contributed by atoms with van der Waals surface area (Å²) >= 11 is 0. The lowest BCUT2D eigenvalue weighted by atomic mass is 9.96. The fourth-order valence-electron chi connectivity index (χ4n) is 2.69. The molecule has 1 N–H and O–H groups in total. The van der Waals surface area contributed by atoms with Gasteiger partial charge in [-0.3, -0.25) is 0 Å². The molecular formula is C18H16O4. The molecule has 0 unspecified atom stereocenters. The van der Waals surface area contributed by atoms with Gasteiger partial charge >= 0.3 is 5.63 Å². The molecule has 0 amide bonds. The molecule has 0 fully saturated rings. The van der Waals surface area contributed by atoms with E-state index in [0.29, 0.717) is 23.3 Å². The highest BCUT2D eigenvalue weighted by molar-refractivity contribution is 5.88. The Hall–Kier alpha value is -2.75. The van der Waals surface area contributed by atoms with Gasteiger partial charge in [-0.05, 0) is 47.9 Å². The third-order valence-corrected chi connectivity index (χ3v) is 3.71. The zero-order valence-corrected chi connectivity index (χ0v) is 12.4.